The number of halogens is 1. The molecule has 1 aromatic heterocycles. The van der Waals surface area contributed by atoms with E-state index in [4.69, 9.17) is 11.6 Å². The van der Waals surface area contributed by atoms with Gasteiger partial charge in [-0.2, -0.15) is 0 Å². The molecule has 4 nitrogen and oxygen atoms in total. The molecule has 0 aromatic carbocycles. The second-order valence-corrected chi connectivity index (χ2v) is 4.58. The summed E-state index contributed by atoms with van der Waals surface area (Å²) in [5.41, 5.74) is 0.896. The van der Waals surface area contributed by atoms with Gasteiger partial charge < -0.3 is 10.6 Å². The Morgan fingerprint density at radius 2 is 2.19 bits per heavy atom. The molecule has 1 aliphatic heterocycles. The highest BCUT2D eigenvalue weighted by molar-refractivity contribution is 6.28. The van der Waals surface area contributed by atoms with Crippen molar-refractivity contribution >= 4 is 17.4 Å². The van der Waals surface area contributed by atoms with Crippen molar-refractivity contribution in [2.24, 2.45) is 5.92 Å². The lowest BCUT2D eigenvalue weighted by Gasteiger charge is -2.22. The van der Waals surface area contributed by atoms with Gasteiger partial charge in [0.15, 0.2) is 0 Å². The van der Waals surface area contributed by atoms with Crippen LogP contribution in [-0.4, -0.2) is 29.6 Å². The van der Waals surface area contributed by atoms with Crippen LogP contribution in [0.1, 0.15) is 18.5 Å². The summed E-state index contributed by atoms with van der Waals surface area (Å²) in [5, 5.41) is 7.00. The number of anilines is 1. The monoisotopic (exact) mass is 240 g/mol. The number of rotatable bonds is 3. The van der Waals surface area contributed by atoms with Crippen molar-refractivity contribution in [3.8, 4) is 0 Å². The second-order valence-electron chi connectivity index (χ2n) is 4.24. The zero-order chi connectivity index (χ0) is 11.4. The van der Waals surface area contributed by atoms with E-state index in [0.717, 1.165) is 37.1 Å². The largest absolute Gasteiger partial charge is 0.370 e. The zero-order valence-corrected chi connectivity index (χ0v) is 10.2. The van der Waals surface area contributed by atoms with Crippen molar-refractivity contribution in [1.82, 2.24) is 15.3 Å². The maximum Gasteiger partial charge on any atom is 0.224 e. The molecule has 0 unspecified atom stereocenters. The molecular weight excluding hydrogens is 224 g/mol. The fourth-order valence-electron chi connectivity index (χ4n) is 1.96. The Labute approximate surface area is 101 Å². The molecule has 1 aromatic rings. The van der Waals surface area contributed by atoms with Crippen LogP contribution in [0.5, 0.6) is 0 Å². The van der Waals surface area contributed by atoms with Crippen LogP contribution in [0.4, 0.5) is 5.82 Å². The van der Waals surface area contributed by atoms with Gasteiger partial charge >= 0.3 is 0 Å². The smallest absolute Gasteiger partial charge is 0.224 e. The van der Waals surface area contributed by atoms with Crippen LogP contribution in [0.15, 0.2) is 6.07 Å². The average Bonchev–Trinajstić information content (AvgIpc) is 2.27. The van der Waals surface area contributed by atoms with Crippen LogP contribution >= 0.6 is 11.6 Å². The van der Waals surface area contributed by atoms with Crippen LogP contribution in [0.3, 0.4) is 0 Å². The molecule has 2 N–H and O–H groups in total. The third kappa shape index (κ3) is 3.32. The topological polar surface area (TPSA) is 49.8 Å². The SMILES string of the molecule is Cc1cc(NCC2CCNCC2)nc(Cl)n1. The highest BCUT2D eigenvalue weighted by Gasteiger charge is 2.12. The van der Waals surface area contributed by atoms with E-state index in [-0.39, 0.29) is 0 Å². The Bertz CT molecular complexity index is 330. The number of aromatic nitrogens is 2. The van der Waals surface area contributed by atoms with E-state index in [1.54, 1.807) is 0 Å². The highest BCUT2D eigenvalue weighted by Crippen LogP contribution is 2.14. The predicted molar refractivity (Wildman–Crippen MR) is 65.9 cm³/mol. The molecule has 1 aliphatic rings. The van der Waals surface area contributed by atoms with E-state index in [2.05, 4.69) is 20.6 Å². The number of piperidine rings is 1. The van der Waals surface area contributed by atoms with Crippen molar-refractivity contribution in [2.45, 2.75) is 19.8 Å². The molecule has 1 fully saturated rings. The van der Waals surface area contributed by atoms with Gasteiger partial charge in [0.2, 0.25) is 5.28 Å². The van der Waals surface area contributed by atoms with Crippen molar-refractivity contribution in [3.05, 3.63) is 17.0 Å². The van der Waals surface area contributed by atoms with Crippen molar-refractivity contribution in [2.75, 3.05) is 25.0 Å². The highest BCUT2D eigenvalue weighted by atomic mass is 35.5. The second kappa shape index (κ2) is 5.46. The van der Waals surface area contributed by atoms with E-state index < -0.39 is 0 Å². The molecule has 0 atom stereocenters. The first-order valence-electron chi connectivity index (χ1n) is 5.70. The summed E-state index contributed by atoms with van der Waals surface area (Å²) >= 11 is 5.80. The Hall–Kier alpha value is -0.870. The molecule has 0 amide bonds. The number of nitrogens with one attached hydrogen (secondary N) is 2. The molecule has 16 heavy (non-hydrogen) atoms. The molecule has 0 bridgehead atoms. The maximum atomic E-state index is 5.80. The molecular formula is C11H17ClN4. The van der Waals surface area contributed by atoms with Gasteiger partial charge in [-0.25, -0.2) is 9.97 Å². The minimum Gasteiger partial charge on any atom is -0.370 e. The summed E-state index contributed by atoms with van der Waals surface area (Å²) in [6.45, 7) is 5.13. The summed E-state index contributed by atoms with van der Waals surface area (Å²) < 4.78 is 0. The molecule has 0 spiro atoms. The van der Waals surface area contributed by atoms with Crippen molar-refractivity contribution in [1.29, 1.82) is 0 Å². The van der Waals surface area contributed by atoms with Crippen LogP contribution in [0.25, 0.3) is 0 Å². The molecule has 5 heteroatoms. The third-order valence-corrected chi connectivity index (χ3v) is 3.03. The molecule has 0 aliphatic carbocycles. The number of nitrogens with zero attached hydrogens (tertiary/aromatic N) is 2. The van der Waals surface area contributed by atoms with Gasteiger partial charge in [-0.15, -0.1) is 0 Å². The first-order chi connectivity index (χ1) is 7.74. The van der Waals surface area contributed by atoms with Crippen LogP contribution in [-0.2, 0) is 0 Å². The summed E-state index contributed by atoms with van der Waals surface area (Å²) in [5.74, 6) is 1.56. The third-order valence-electron chi connectivity index (χ3n) is 2.86. The fourth-order valence-corrected chi connectivity index (χ4v) is 2.18. The normalized spacial score (nSPS) is 17.4. The van der Waals surface area contributed by atoms with Crippen molar-refractivity contribution < 1.29 is 0 Å². The van der Waals surface area contributed by atoms with Gasteiger partial charge in [0.25, 0.3) is 0 Å². The quantitative estimate of drug-likeness (QED) is 0.792. The molecule has 0 radical (unpaired) electrons. The molecule has 2 heterocycles. The van der Waals surface area contributed by atoms with E-state index in [0.29, 0.717) is 5.28 Å². The number of hydrogen-bond acceptors (Lipinski definition) is 4. The average molecular weight is 241 g/mol. The summed E-state index contributed by atoms with van der Waals surface area (Å²) in [7, 11) is 0. The minimum absolute atomic E-state index is 0.313. The molecule has 2 rings (SSSR count). The Balaban J connectivity index is 1.88. The van der Waals surface area contributed by atoms with Gasteiger partial charge in [0.05, 0.1) is 0 Å². The Morgan fingerprint density at radius 3 is 2.88 bits per heavy atom. The van der Waals surface area contributed by atoms with Gasteiger partial charge in [-0.05, 0) is 50.4 Å². The predicted octanol–water partition coefficient (Wildman–Crippen LogP) is 1.85. The molecule has 1 saturated heterocycles. The van der Waals surface area contributed by atoms with Gasteiger partial charge in [-0.1, -0.05) is 0 Å². The van der Waals surface area contributed by atoms with Gasteiger partial charge in [0.1, 0.15) is 5.82 Å². The minimum atomic E-state index is 0.313. The van der Waals surface area contributed by atoms with E-state index >= 15 is 0 Å². The summed E-state index contributed by atoms with van der Waals surface area (Å²) in [6.07, 6.45) is 2.45. The first-order valence-corrected chi connectivity index (χ1v) is 6.07. The van der Waals surface area contributed by atoms with Gasteiger partial charge in [0, 0.05) is 18.3 Å². The molecule has 0 saturated carbocycles. The summed E-state index contributed by atoms with van der Waals surface area (Å²) in [6, 6.07) is 1.92. The standard InChI is InChI=1S/C11H17ClN4/c1-8-6-10(16-11(12)15-8)14-7-9-2-4-13-5-3-9/h6,9,13H,2-5,7H2,1H3,(H,14,15,16). The summed E-state index contributed by atoms with van der Waals surface area (Å²) in [4.78, 5) is 8.18. The molecule has 88 valence electrons. The maximum absolute atomic E-state index is 5.80. The zero-order valence-electron chi connectivity index (χ0n) is 9.46. The van der Waals surface area contributed by atoms with Crippen LogP contribution < -0.4 is 10.6 Å². The number of aryl methyl sites for hydroxylation is 1. The Morgan fingerprint density at radius 1 is 1.44 bits per heavy atom. The van der Waals surface area contributed by atoms with Gasteiger partial charge in [-0.3, -0.25) is 0 Å². The lowest BCUT2D eigenvalue weighted by molar-refractivity contribution is 0.389. The lowest BCUT2D eigenvalue weighted by atomic mass is 9.98. The van der Waals surface area contributed by atoms with E-state index in [1.807, 2.05) is 13.0 Å². The lowest BCUT2D eigenvalue weighted by Crippen LogP contribution is -2.31. The van der Waals surface area contributed by atoms with E-state index in [9.17, 15) is 0 Å². The fraction of sp³-hybridized carbons (Fsp3) is 0.636. The Kier molecular flexibility index (Phi) is 3.96. The van der Waals surface area contributed by atoms with E-state index in [1.165, 1.54) is 12.8 Å². The number of hydrogen-bond donors (Lipinski definition) is 2. The first kappa shape index (κ1) is 11.6. The van der Waals surface area contributed by atoms with Crippen molar-refractivity contribution in [3.63, 3.8) is 0 Å². The van der Waals surface area contributed by atoms with Crippen LogP contribution in [0.2, 0.25) is 5.28 Å². The van der Waals surface area contributed by atoms with Crippen LogP contribution in [0, 0.1) is 12.8 Å².